The zero-order chi connectivity index (χ0) is 11.7. The Hall–Kier alpha value is -2.04. The fourth-order valence-corrected chi connectivity index (χ4v) is 1.80. The lowest BCUT2D eigenvalue weighted by atomic mass is 10.1. The van der Waals surface area contributed by atoms with Crippen molar-refractivity contribution >= 4 is 17.0 Å². The Morgan fingerprint density at radius 3 is 3.00 bits per heavy atom. The molecule has 0 saturated carbocycles. The topological polar surface area (TPSA) is 54.3 Å². The molecule has 0 aliphatic carbocycles. The van der Waals surface area contributed by atoms with E-state index in [1.807, 2.05) is 0 Å². The van der Waals surface area contributed by atoms with Crippen molar-refractivity contribution in [3.63, 3.8) is 0 Å². The van der Waals surface area contributed by atoms with E-state index < -0.39 is 6.09 Å². The number of aromatic nitrogens is 1. The molecule has 1 heterocycles. The summed E-state index contributed by atoms with van der Waals surface area (Å²) in [5, 5.41) is 11.2. The number of rotatable bonds is 2. The van der Waals surface area contributed by atoms with E-state index in [1.165, 1.54) is 6.07 Å². The minimum Gasteiger partial charge on any atom is -0.465 e. The fourth-order valence-electron chi connectivity index (χ4n) is 1.80. The number of fused-ring (bicyclic) bond motifs is 1. The Labute approximate surface area is 91.3 Å². The van der Waals surface area contributed by atoms with Crippen molar-refractivity contribution in [1.29, 1.82) is 0 Å². The lowest BCUT2D eigenvalue weighted by Crippen LogP contribution is -2.19. The molecule has 0 aliphatic heterocycles. The van der Waals surface area contributed by atoms with Crippen LogP contribution in [0.25, 0.3) is 10.9 Å². The molecule has 2 rings (SSSR count). The van der Waals surface area contributed by atoms with Crippen molar-refractivity contribution in [2.24, 2.45) is 7.05 Å². The average Bonchev–Trinajstić information content (AvgIpc) is 2.55. The predicted molar refractivity (Wildman–Crippen MR) is 57.7 cm³/mol. The van der Waals surface area contributed by atoms with Gasteiger partial charge in [0.05, 0.1) is 5.52 Å². The van der Waals surface area contributed by atoms with Crippen molar-refractivity contribution in [2.45, 2.75) is 6.54 Å². The van der Waals surface area contributed by atoms with Gasteiger partial charge in [-0.05, 0) is 17.7 Å². The quantitative estimate of drug-likeness (QED) is 0.817. The molecule has 2 N–H and O–H groups in total. The van der Waals surface area contributed by atoms with E-state index in [0.29, 0.717) is 10.9 Å². The van der Waals surface area contributed by atoms with Gasteiger partial charge in [-0.15, -0.1) is 0 Å². The minimum atomic E-state index is -1.12. The second kappa shape index (κ2) is 3.84. The summed E-state index contributed by atoms with van der Waals surface area (Å²) in [4.78, 5) is 10.4. The van der Waals surface area contributed by atoms with Crippen molar-refractivity contribution in [3.05, 3.63) is 35.8 Å². The molecule has 0 unspecified atom stereocenters. The van der Waals surface area contributed by atoms with Crippen LogP contribution in [0.3, 0.4) is 0 Å². The van der Waals surface area contributed by atoms with Crippen LogP contribution in [-0.4, -0.2) is 15.8 Å². The molecule has 1 amide bonds. The molecule has 0 spiro atoms. The van der Waals surface area contributed by atoms with Crippen LogP contribution >= 0.6 is 0 Å². The fraction of sp³-hybridized carbons (Fsp3) is 0.182. The molecule has 16 heavy (non-hydrogen) atoms. The summed E-state index contributed by atoms with van der Waals surface area (Å²) in [6.45, 7) is 0.105. The Morgan fingerprint density at radius 1 is 1.56 bits per heavy atom. The van der Waals surface area contributed by atoms with Gasteiger partial charge in [-0.25, -0.2) is 9.18 Å². The number of carbonyl (C=O) groups is 1. The van der Waals surface area contributed by atoms with E-state index in [9.17, 15) is 9.18 Å². The van der Waals surface area contributed by atoms with Crippen molar-refractivity contribution in [2.75, 3.05) is 0 Å². The average molecular weight is 222 g/mol. The van der Waals surface area contributed by atoms with Gasteiger partial charge in [-0.3, -0.25) is 0 Å². The zero-order valence-corrected chi connectivity index (χ0v) is 8.70. The molecule has 0 bridgehead atoms. The maximum Gasteiger partial charge on any atom is 0.404 e. The van der Waals surface area contributed by atoms with Crippen LogP contribution in [0, 0.1) is 5.82 Å². The number of amides is 1. The van der Waals surface area contributed by atoms with E-state index in [4.69, 9.17) is 5.11 Å². The lowest BCUT2D eigenvalue weighted by Gasteiger charge is -1.99. The van der Waals surface area contributed by atoms with Gasteiger partial charge in [0.15, 0.2) is 0 Å². The van der Waals surface area contributed by atoms with Crippen LogP contribution in [0.1, 0.15) is 5.56 Å². The van der Waals surface area contributed by atoms with Gasteiger partial charge in [0, 0.05) is 25.2 Å². The first kappa shape index (κ1) is 10.5. The summed E-state index contributed by atoms with van der Waals surface area (Å²) in [5.74, 6) is -0.333. The Morgan fingerprint density at radius 2 is 2.31 bits per heavy atom. The van der Waals surface area contributed by atoms with E-state index in [1.54, 1.807) is 29.9 Å². The van der Waals surface area contributed by atoms with Gasteiger partial charge in [-0.2, -0.15) is 0 Å². The molecule has 0 fully saturated rings. The van der Waals surface area contributed by atoms with Crippen LogP contribution in [0.5, 0.6) is 0 Å². The number of benzene rings is 1. The molecule has 0 radical (unpaired) electrons. The first-order valence-corrected chi connectivity index (χ1v) is 4.79. The largest absolute Gasteiger partial charge is 0.465 e. The summed E-state index contributed by atoms with van der Waals surface area (Å²) < 4.78 is 15.4. The SMILES string of the molecule is Cn1cc(CNC(=O)O)c2c(F)cccc21. The van der Waals surface area contributed by atoms with Crippen molar-refractivity contribution < 1.29 is 14.3 Å². The highest BCUT2D eigenvalue weighted by Gasteiger charge is 2.10. The first-order chi connectivity index (χ1) is 7.59. The number of halogens is 1. The third-order valence-electron chi connectivity index (χ3n) is 2.47. The summed E-state index contributed by atoms with van der Waals surface area (Å²) in [7, 11) is 1.80. The van der Waals surface area contributed by atoms with Crippen LogP contribution in [0.2, 0.25) is 0 Å². The molecule has 1 aromatic heterocycles. The normalized spacial score (nSPS) is 10.6. The molecular formula is C11H11FN2O2. The summed E-state index contributed by atoms with van der Waals surface area (Å²) in [5.41, 5.74) is 1.39. The first-order valence-electron chi connectivity index (χ1n) is 4.79. The van der Waals surface area contributed by atoms with Crippen molar-refractivity contribution in [1.82, 2.24) is 9.88 Å². The predicted octanol–water partition coefficient (Wildman–Crippen LogP) is 2.08. The standard InChI is InChI=1S/C11H11FN2O2/c1-14-6-7(5-13-11(15)16)10-8(12)3-2-4-9(10)14/h2-4,6,13H,5H2,1H3,(H,15,16). The summed E-state index contributed by atoms with van der Waals surface area (Å²) in [6, 6.07) is 4.79. The highest BCUT2D eigenvalue weighted by Crippen LogP contribution is 2.23. The number of aryl methyl sites for hydroxylation is 1. The Bertz CT molecular complexity index is 548. The molecule has 2 aromatic rings. The molecule has 5 heteroatoms. The van der Waals surface area contributed by atoms with Crippen LogP contribution in [0.15, 0.2) is 24.4 Å². The molecule has 4 nitrogen and oxygen atoms in total. The van der Waals surface area contributed by atoms with Gasteiger partial charge in [0.1, 0.15) is 5.82 Å². The molecule has 84 valence electrons. The number of hydrogen-bond donors (Lipinski definition) is 2. The maximum absolute atomic E-state index is 13.6. The third-order valence-corrected chi connectivity index (χ3v) is 2.47. The number of carboxylic acid groups (broad SMARTS) is 1. The second-order valence-corrected chi connectivity index (χ2v) is 3.56. The molecule has 0 saturated heterocycles. The highest BCUT2D eigenvalue weighted by molar-refractivity contribution is 5.84. The summed E-state index contributed by atoms with van der Waals surface area (Å²) >= 11 is 0. The van der Waals surface area contributed by atoms with Gasteiger partial charge in [0.25, 0.3) is 0 Å². The van der Waals surface area contributed by atoms with Crippen LogP contribution < -0.4 is 5.32 Å². The lowest BCUT2D eigenvalue weighted by molar-refractivity contribution is 0.194. The number of hydrogen-bond acceptors (Lipinski definition) is 1. The van der Waals surface area contributed by atoms with E-state index in [-0.39, 0.29) is 12.4 Å². The molecule has 1 aromatic carbocycles. The monoisotopic (exact) mass is 222 g/mol. The Balaban J connectivity index is 2.49. The summed E-state index contributed by atoms with van der Waals surface area (Å²) in [6.07, 6.45) is 0.609. The van der Waals surface area contributed by atoms with Crippen molar-refractivity contribution in [3.8, 4) is 0 Å². The third kappa shape index (κ3) is 1.71. The smallest absolute Gasteiger partial charge is 0.404 e. The van der Waals surface area contributed by atoms with Gasteiger partial charge in [-0.1, -0.05) is 6.07 Å². The number of nitrogens with one attached hydrogen (secondary N) is 1. The van der Waals surface area contributed by atoms with Gasteiger partial charge in [0.2, 0.25) is 0 Å². The Kier molecular flexibility index (Phi) is 2.52. The van der Waals surface area contributed by atoms with E-state index >= 15 is 0 Å². The van der Waals surface area contributed by atoms with E-state index in [2.05, 4.69) is 5.32 Å². The van der Waals surface area contributed by atoms with Gasteiger partial charge >= 0.3 is 6.09 Å². The molecule has 0 atom stereocenters. The highest BCUT2D eigenvalue weighted by atomic mass is 19.1. The van der Waals surface area contributed by atoms with Crippen LogP contribution in [0.4, 0.5) is 9.18 Å². The van der Waals surface area contributed by atoms with Gasteiger partial charge < -0.3 is 15.0 Å². The molecular weight excluding hydrogens is 211 g/mol. The second-order valence-electron chi connectivity index (χ2n) is 3.56. The zero-order valence-electron chi connectivity index (χ0n) is 8.70. The molecule has 0 aliphatic rings. The number of nitrogens with zero attached hydrogens (tertiary/aromatic N) is 1. The maximum atomic E-state index is 13.6. The van der Waals surface area contributed by atoms with Crippen LogP contribution in [-0.2, 0) is 13.6 Å². The minimum absolute atomic E-state index is 0.105. The van der Waals surface area contributed by atoms with E-state index in [0.717, 1.165) is 5.52 Å².